The van der Waals surface area contributed by atoms with Crippen molar-refractivity contribution >= 4 is 50.0 Å². The van der Waals surface area contributed by atoms with Crippen LogP contribution in [0.1, 0.15) is 13.8 Å². The lowest BCUT2D eigenvalue weighted by Gasteiger charge is -2.28. The smallest absolute Gasteiger partial charge is 0.244 e. The Morgan fingerprint density at radius 3 is 2.45 bits per heavy atom. The van der Waals surface area contributed by atoms with Crippen molar-refractivity contribution in [2.45, 2.75) is 18.7 Å². The number of sulfonamides is 1. The summed E-state index contributed by atoms with van der Waals surface area (Å²) in [4.78, 5) is 0.162. The van der Waals surface area contributed by atoms with Gasteiger partial charge in [-0.25, -0.2) is 12.7 Å². The van der Waals surface area contributed by atoms with Gasteiger partial charge in [-0.2, -0.15) is 0 Å². The second-order valence-corrected chi connectivity index (χ2v) is 8.39. The molecule has 0 heterocycles. The quantitative estimate of drug-likeness (QED) is 0.818. The van der Waals surface area contributed by atoms with Crippen molar-refractivity contribution in [3.05, 3.63) is 27.7 Å². The Labute approximate surface area is 140 Å². The molecule has 0 spiro atoms. The maximum absolute atomic E-state index is 12.5. The third-order valence-corrected chi connectivity index (χ3v) is 6.31. The van der Waals surface area contributed by atoms with Gasteiger partial charge in [0.15, 0.2) is 0 Å². The van der Waals surface area contributed by atoms with Crippen molar-refractivity contribution in [3.8, 4) is 0 Å². The molecule has 0 aliphatic rings. The third-order valence-electron chi connectivity index (χ3n) is 2.81. The van der Waals surface area contributed by atoms with Crippen molar-refractivity contribution in [1.29, 1.82) is 0 Å². The molecule has 1 aromatic rings. The summed E-state index contributed by atoms with van der Waals surface area (Å²) < 4.78 is 26.7. The molecule has 0 aromatic heterocycles. The minimum atomic E-state index is -3.59. The van der Waals surface area contributed by atoms with Gasteiger partial charge >= 0.3 is 0 Å². The number of hydrogen-bond donors (Lipinski definition) is 1. The molecule has 4 nitrogen and oxygen atoms in total. The van der Waals surface area contributed by atoms with Gasteiger partial charge in [0.2, 0.25) is 10.0 Å². The highest BCUT2D eigenvalue weighted by atomic mass is 79.9. The van der Waals surface area contributed by atoms with Gasteiger partial charge in [-0.3, -0.25) is 0 Å². The van der Waals surface area contributed by atoms with E-state index in [0.717, 1.165) is 0 Å². The van der Waals surface area contributed by atoms with Crippen molar-refractivity contribution in [1.82, 2.24) is 4.31 Å². The second-order valence-electron chi connectivity index (χ2n) is 5.18. The Morgan fingerprint density at radius 2 is 1.95 bits per heavy atom. The molecule has 0 unspecified atom stereocenters. The first-order chi connectivity index (χ1) is 8.62. The van der Waals surface area contributed by atoms with Crippen molar-refractivity contribution in [2.75, 3.05) is 20.1 Å². The molecule has 1 aromatic carbocycles. The van der Waals surface area contributed by atoms with E-state index in [4.69, 9.17) is 17.3 Å². The highest BCUT2D eigenvalue weighted by molar-refractivity contribution is 9.10. The molecule has 0 fully saturated rings. The topological polar surface area (TPSA) is 63.4 Å². The lowest BCUT2D eigenvalue weighted by Crippen LogP contribution is -2.39. The number of nitrogens with two attached hydrogens (primary N) is 1. The van der Waals surface area contributed by atoms with E-state index in [1.54, 1.807) is 19.2 Å². The fourth-order valence-corrected chi connectivity index (χ4v) is 4.15. The van der Waals surface area contributed by atoms with E-state index in [9.17, 15) is 8.42 Å². The van der Waals surface area contributed by atoms with Crippen LogP contribution in [0, 0.1) is 5.41 Å². The molecule has 0 aliphatic carbocycles. The van der Waals surface area contributed by atoms with Gasteiger partial charge in [0.05, 0.1) is 14.4 Å². The number of rotatable bonds is 5. The van der Waals surface area contributed by atoms with Gasteiger partial charge in [0, 0.05) is 13.6 Å². The Kier molecular flexibility index (Phi) is 7.48. The summed E-state index contributed by atoms with van der Waals surface area (Å²) in [5.41, 5.74) is 5.35. The first kappa shape index (κ1) is 20.1. The van der Waals surface area contributed by atoms with Gasteiger partial charge in [-0.15, -0.1) is 12.4 Å². The molecule has 8 heteroatoms. The SMILES string of the molecule is CN(CC(C)(C)CN)S(=O)(=O)c1cccc(Cl)c1Br.Cl. The molecule has 0 saturated carbocycles. The fraction of sp³-hybridized carbons (Fsp3) is 0.500. The molecule has 0 amide bonds. The average Bonchev–Trinajstić information content (AvgIpc) is 2.31. The van der Waals surface area contributed by atoms with Crippen molar-refractivity contribution < 1.29 is 8.42 Å². The summed E-state index contributed by atoms with van der Waals surface area (Å²) >= 11 is 9.15. The first-order valence-corrected chi connectivity index (χ1v) is 8.33. The molecule has 0 radical (unpaired) electrons. The Hall–Kier alpha value is 0.150. The van der Waals surface area contributed by atoms with Crippen LogP contribution in [0.3, 0.4) is 0 Å². The van der Waals surface area contributed by atoms with E-state index < -0.39 is 10.0 Å². The molecule has 2 N–H and O–H groups in total. The summed E-state index contributed by atoms with van der Waals surface area (Å²) in [5, 5.41) is 0.368. The summed E-state index contributed by atoms with van der Waals surface area (Å²) in [6, 6.07) is 4.77. The van der Waals surface area contributed by atoms with Gasteiger partial charge in [0.1, 0.15) is 0 Å². The number of benzene rings is 1. The minimum Gasteiger partial charge on any atom is -0.330 e. The summed E-state index contributed by atoms with van der Waals surface area (Å²) in [5.74, 6) is 0. The average molecular weight is 406 g/mol. The van der Waals surface area contributed by atoms with Gasteiger partial charge < -0.3 is 5.73 Å². The Bertz CT molecular complexity index is 565. The van der Waals surface area contributed by atoms with Crippen LogP contribution in [0.15, 0.2) is 27.6 Å². The molecule has 0 atom stereocenters. The van der Waals surface area contributed by atoms with Crippen LogP contribution >= 0.6 is 39.9 Å². The van der Waals surface area contributed by atoms with E-state index >= 15 is 0 Å². The minimum absolute atomic E-state index is 0. The predicted molar refractivity (Wildman–Crippen MR) is 89.1 cm³/mol. The van der Waals surface area contributed by atoms with Crippen molar-refractivity contribution in [3.63, 3.8) is 0 Å². The lowest BCUT2D eigenvalue weighted by atomic mass is 9.94. The second kappa shape index (κ2) is 7.42. The van der Waals surface area contributed by atoms with E-state index in [2.05, 4.69) is 15.9 Å². The maximum atomic E-state index is 12.5. The zero-order valence-electron chi connectivity index (χ0n) is 11.6. The van der Waals surface area contributed by atoms with Crippen LogP contribution in [0.5, 0.6) is 0 Å². The monoisotopic (exact) mass is 404 g/mol. The summed E-state index contributed by atoms with van der Waals surface area (Å²) in [6.45, 7) is 4.59. The molecule has 0 bridgehead atoms. The molecule has 1 rings (SSSR count). The van der Waals surface area contributed by atoms with Crippen LogP contribution in [-0.4, -0.2) is 32.9 Å². The van der Waals surface area contributed by atoms with Crippen LogP contribution in [0.25, 0.3) is 0 Å². The van der Waals surface area contributed by atoms with Gasteiger partial charge in [0.25, 0.3) is 0 Å². The van der Waals surface area contributed by atoms with E-state index in [1.807, 2.05) is 13.8 Å². The highest BCUT2D eigenvalue weighted by Crippen LogP contribution is 2.31. The zero-order valence-corrected chi connectivity index (χ0v) is 15.5. The molecular weight excluding hydrogens is 387 g/mol. The Morgan fingerprint density at radius 1 is 1.40 bits per heavy atom. The summed E-state index contributed by atoms with van der Waals surface area (Å²) in [6.07, 6.45) is 0. The molecule has 0 aliphatic heterocycles. The normalized spacial score (nSPS) is 12.3. The van der Waals surface area contributed by atoms with E-state index in [0.29, 0.717) is 22.6 Å². The highest BCUT2D eigenvalue weighted by Gasteiger charge is 2.29. The van der Waals surface area contributed by atoms with Crippen LogP contribution < -0.4 is 5.73 Å². The molecule has 116 valence electrons. The molecular formula is C12H19BrCl2N2O2S. The summed E-state index contributed by atoms with van der Waals surface area (Å²) in [7, 11) is -2.05. The van der Waals surface area contributed by atoms with Gasteiger partial charge in [-0.05, 0) is 40.0 Å². The van der Waals surface area contributed by atoms with Crippen LogP contribution in [0.4, 0.5) is 0 Å². The van der Waals surface area contributed by atoms with E-state index in [-0.39, 0.29) is 22.7 Å². The standard InChI is InChI=1S/C12H18BrClN2O2S.ClH/c1-12(2,7-15)8-16(3)19(17,18)10-6-4-5-9(14)11(10)13;/h4-6H,7-8,15H2,1-3H3;1H. The number of nitrogens with zero attached hydrogens (tertiary/aromatic N) is 1. The molecule has 20 heavy (non-hydrogen) atoms. The fourth-order valence-electron chi connectivity index (χ4n) is 1.60. The Balaban J connectivity index is 0.00000361. The largest absolute Gasteiger partial charge is 0.330 e. The number of halogens is 3. The van der Waals surface area contributed by atoms with E-state index in [1.165, 1.54) is 10.4 Å². The molecule has 0 saturated heterocycles. The predicted octanol–water partition coefficient (Wildman–Crippen LogP) is 3.13. The van der Waals surface area contributed by atoms with Crippen molar-refractivity contribution in [2.24, 2.45) is 11.1 Å². The zero-order chi connectivity index (χ0) is 14.8. The lowest BCUT2D eigenvalue weighted by molar-refractivity contribution is 0.292. The van der Waals surface area contributed by atoms with Gasteiger partial charge in [-0.1, -0.05) is 31.5 Å². The maximum Gasteiger partial charge on any atom is 0.244 e. The third kappa shape index (κ3) is 4.58. The number of hydrogen-bond acceptors (Lipinski definition) is 3. The van der Waals surface area contributed by atoms with Crippen LogP contribution in [-0.2, 0) is 10.0 Å². The van der Waals surface area contributed by atoms with Crippen LogP contribution in [0.2, 0.25) is 5.02 Å². The first-order valence-electron chi connectivity index (χ1n) is 5.72.